The monoisotopic (exact) mass is 431 g/mol. The predicted octanol–water partition coefficient (Wildman–Crippen LogP) is 4.47. The number of ether oxygens (including phenoxy) is 1. The Labute approximate surface area is 175 Å². The van der Waals surface area contributed by atoms with Gasteiger partial charge in [0.05, 0.1) is 21.7 Å². The number of amides is 1. The van der Waals surface area contributed by atoms with Crippen molar-refractivity contribution in [3.63, 3.8) is 0 Å². The van der Waals surface area contributed by atoms with Crippen molar-refractivity contribution in [3.8, 4) is 0 Å². The molecule has 0 spiro atoms. The third-order valence-corrected chi connectivity index (χ3v) is 6.19. The lowest BCUT2D eigenvalue weighted by Crippen LogP contribution is -2.19. The Morgan fingerprint density at radius 2 is 2.10 bits per heavy atom. The highest BCUT2D eigenvalue weighted by Gasteiger charge is 2.11. The van der Waals surface area contributed by atoms with E-state index in [0.29, 0.717) is 29.4 Å². The summed E-state index contributed by atoms with van der Waals surface area (Å²) in [7, 11) is 0. The van der Waals surface area contributed by atoms with E-state index in [1.54, 1.807) is 12.1 Å². The molecule has 3 aromatic rings. The van der Waals surface area contributed by atoms with E-state index in [0.717, 1.165) is 32.7 Å². The summed E-state index contributed by atoms with van der Waals surface area (Å²) in [4.78, 5) is 28.3. The van der Waals surface area contributed by atoms with Gasteiger partial charge in [-0.05, 0) is 50.1 Å². The summed E-state index contributed by atoms with van der Waals surface area (Å²) in [5, 5.41) is 10.8. The van der Waals surface area contributed by atoms with Gasteiger partial charge in [0.25, 0.3) is 5.91 Å². The van der Waals surface area contributed by atoms with Crippen LogP contribution in [-0.2, 0) is 16.1 Å². The van der Waals surface area contributed by atoms with Crippen LogP contribution in [0.3, 0.4) is 0 Å². The molecule has 9 heteroatoms. The second-order valence-corrected chi connectivity index (χ2v) is 8.48. The van der Waals surface area contributed by atoms with Crippen molar-refractivity contribution in [3.05, 3.63) is 61.3 Å². The number of hydrogen-bond acceptors (Lipinski definition) is 6. The zero-order valence-electron chi connectivity index (χ0n) is 16.4. The Morgan fingerprint density at radius 1 is 1.31 bits per heavy atom. The number of aromatic nitrogens is 1. The first-order chi connectivity index (χ1) is 13.9. The van der Waals surface area contributed by atoms with Crippen molar-refractivity contribution >= 4 is 49.9 Å². The topological polar surface area (TPSA) is 86.7 Å². The molecule has 0 aliphatic heterocycles. The molecule has 0 unspecified atom stereocenters. The number of benzene rings is 1. The van der Waals surface area contributed by atoms with Crippen LogP contribution in [-0.4, -0.2) is 28.6 Å². The Morgan fingerprint density at radius 3 is 2.79 bits per heavy atom. The molecule has 3 rings (SSSR count). The Bertz CT molecular complexity index is 1150. The van der Waals surface area contributed by atoms with Crippen molar-refractivity contribution in [2.45, 2.75) is 27.3 Å². The fourth-order valence-corrected chi connectivity index (χ4v) is 4.96. The van der Waals surface area contributed by atoms with E-state index in [1.807, 2.05) is 18.4 Å². The van der Waals surface area contributed by atoms with Gasteiger partial charge in [0, 0.05) is 30.2 Å². The van der Waals surface area contributed by atoms with E-state index < -0.39 is 10.8 Å². The summed E-state index contributed by atoms with van der Waals surface area (Å²) in [5.74, 6) is -0.410. The number of carbonyl (C=O) groups is 1. The first kappa shape index (κ1) is 21.1. The minimum absolute atomic E-state index is 0.0400. The number of hydrogen-bond donors (Lipinski definition) is 0. The van der Waals surface area contributed by atoms with E-state index in [9.17, 15) is 14.9 Å². The molecule has 0 radical (unpaired) electrons. The lowest BCUT2D eigenvalue weighted by Gasteiger charge is -2.08. The fraction of sp³-hybridized carbons (Fsp3) is 0.300. The molecule has 1 aromatic carbocycles. The molecule has 0 aliphatic rings. The number of carbonyl (C=O) groups excluding carboxylic acids is 1. The summed E-state index contributed by atoms with van der Waals surface area (Å²) < 4.78 is 8.59. The zero-order valence-corrected chi connectivity index (χ0v) is 18.0. The van der Waals surface area contributed by atoms with Crippen LogP contribution < -0.4 is 4.80 Å². The van der Waals surface area contributed by atoms with Crippen molar-refractivity contribution in [1.82, 2.24) is 4.57 Å². The van der Waals surface area contributed by atoms with E-state index in [1.165, 1.54) is 23.5 Å². The number of thiazole rings is 1. The molecule has 0 saturated heterocycles. The van der Waals surface area contributed by atoms with Gasteiger partial charge < -0.3 is 9.30 Å². The molecule has 29 heavy (non-hydrogen) atoms. The lowest BCUT2D eigenvalue weighted by atomic mass is 10.1. The van der Waals surface area contributed by atoms with Crippen LogP contribution in [0.5, 0.6) is 0 Å². The van der Waals surface area contributed by atoms with Crippen LogP contribution in [0.4, 0.5) is 5.00 Å². The van der Waals surface area contributed by atoms with E-state index in [4.69, 9.17) is 4.74 Å². The highest BCUT2D eigenvalue weighted by Crippen LogP contribution is 2.25. The summed E-state index contributed by atoms with van der Waals surface area (Å²) in [5.41, 5.74) is 3.35. The van der Waals surface area contributed by atoms with Gasteiger partial charge in [-0.25, -0.2) is 0 Å². The third kappa shape index (κ3) is 5.06. The molecule has 0 bridgehead atoms. The standard InChI is InChI=1S/C20H21N3O4S2/c1-4-27-10-9-22-19-14(3)11-13(2)12-16(19)29-20(22)21-17(24)7-5-15-6-8-18(28-15)23(25)26/h5-8,11-12H,4,9-10H2,1-3H3/b7-5+,21-20?. The second-order valence-electron chi connectivity index (χ2n) is 6.38. The number of fused-ring (bicyclic) bond motifs is 1. The van der Waals surface area contributed by atoms with Gasteiger partial charge in [-0.1, -0.05) is 28.7 Å². The molecule has 0 fully saturated rings. The quantitative estimate of drug-likeness (QED) is 0.239. The molecular weight excluding hydrogens is 410 g/mol. The van der Waals surface area contributed by atoms with Crippen LogP contribution in [0.25, 0.3) is 16.3 Å². The van der Waals surface area contributed by atoms with Gasteiger partial charge in [-0.15, -0.1) is 0 Å². The number of aryl methyl sites for hydroxylation is 2. The Kier molecular flexibility index (Phi) is 6.73. The normalized spacial score (nSPS) is 12.3. The van der Waals surface area contributed by atoms with E-state index >= 15 is 0 Å². The van der Waals surface area contributed by atoms with Crippen LogP contribution in [0.1, 0.15) is 22.9 Å². The van der Waals surface area contributed by atoms with E-state index in [-0.39, 0.29) is 5.00 Å². The first-order valence-electron chi connectivity index (χ1n) is 9.08. The molecule has 0 N–H and O–H groups in total. The average Bonchev–Trinajstić information content (AvgIpc) is 3.25. The fourth-order valence-electron chi connectivity index (χ4n) is 3.00. The summed E-state index contributed by atoms with van der Waals surface area (Å²) in [6.45, 7) is 7.80. The minimum atomic E-state index is -0.447. The smallest absolute Gasteiger partial charge is 0.324 e. The van der Waals surface area contributed by atoms with Gasteiger partial charge in [0.15, 0.2) is 4.80 Å². The molecule has 0 saturated carbocycles. The summed E-state index contributed by atoms with van der Waals surface area (Å²) in [6.07, 6.45) is 2.89. The molecule has 7 nitrogen and oxygen atoms in total. The predicted molar refractivity (Wildman–Crippen MR) is 116 cm³/mol. The number of nitrogens with zero attached hydrogens (tertiary/aromatic N) is 3. The summed E-state index contributed by atoms with van der Waals surface area (Å²) in [6, 6.07) is 7.24. The van der Waals surface area contributed by atoms with Crippen LogP contribution >= 0.6 is 22.7 Å². The first-order valence-corrected chi connectivity index (χ1v) is 10.7. The third-order valence-electron chi connectivity index (χ3n) is 4.16. The maximum Gasteiger partial charge on any atom is 0.324 e. The average molecular weight is 432 g/mol. The molecular formula is C20H21N3O4S2. The second kappa shape index (κ2) is 9.25. The number of nitro groups is 1. The number of rotatable bonds is 7. The zero-order chi connectivity index (χ0) is 21.0. The van der Waals surface area contributed by atoms with Crippen molar-refractivity contribution in [2.75, 3.05) is 13.2 Å². The molecule has 1 amide bonds. The minimum Gasteiger partial charge on any atom is -0.380 e. The molecule has 2 aromatic heterocycles. The van der Waals surface area contributed by atoms with Crippen LogP contribution in [0.15, 0.2) is 35.3 Å². The van der Waals surface area contributed by atoms with Gasteiger partial charge in [0.1, 0.15) is 0 Å². The maximum atomic E-state index is 12.4. The van der Waals surface area contributed by atoms with Gasteiger partial charge in [0.2, 0.25) is 0 Å². The molecule has 152 valence electrons. The lowest BCUT2D eigenvalue weighted by molar-refractivity contribution is -0.380. The van der Waals surface area contributed by atoms with Crippen molar-refractivity contribution in [1.29, 1.82) is 0 Å². The Balaban J connectivity index is 1.95. The van der Waals surface area contributed by atoms with Gasteiger partial charge in [-0.2, -0.15) is 4.99 Å². The highest BCUT2D eigenvalue weighted by atomic mass is 32.1. The maximum absolute atomic E-state index is 12.4. The highest BCUT2D eigenvalue weighted by molar-refractivity contribution is 7.16. The van der Waals surface area contributed by atoms with E-state index in [2.05, 4.69) is 24.0 Å². The van der Waals surface area contributed by atoms with Crippen molar-refractivity contribution < 1.29 is 14.5 Å². The van der Waals surface area contributed by atoms with Gasteiger partial charge in [-0.3, -0.25) is 14.9 Å². The summed E-state index contributed by atoms with van der Waals surface area (Å²) >= 11 is 2.48. The SMILES string of the molecule is CCOCCn1c(=NC(=O)/C=C/c2ccc([N+](=O)[O-])s2)sc2cc(C)cc(C)c21. The van der Waals surface area contributed by atoms with Gasteiger partial charge >= 0.3 is 5.00 Å². The molecule has 0 aliphatic carbocycles. The molecule has 0 atom stereocenters. The largest absolute Gasteiger partial charge is 0.380 e. The van der Waals surface area contributed by atoms with Crippen molar-refractivity contribution in [2.24, 2.45) is 4.99 Å². The van der Waals surface area contributed by atoms with Crippen LogP contribution in [0.2, 0.25) is 0 Å². The number of thiophene rings is 1. The molecule has 2 heterocycles. The van der Waals surface area contributed by atoms with Crippen LogP contribution in [0, 0.1) is 24.0 Å². The Hall–Kier alpha value is -2.62.